The zero-order valence-corrected chi connectivity index (χ0v) is 11.5. The summed E-state index contributed by atoms with van der Waals surface area (Å²) in [5.41, 5.74) is -0.281. The lowest BCUT2D eigenvalue weighted by molar-refractivity contribution is 0.441. The Labute approximate surface area is 112 Å². The average molecular weight is 282 g/mol. The van der Waals surface area contributed by atoms with E-state index in [1.165, 1.54) is 10.4 Å². The molecule has 1 rings (SSSR count). The fourth-order valence-corrected chi connectivity index (χ4v) is 3.13. The van der Waals surface area contributed by atoms with Gasteiger partial charge in [-0.05, 0) is 24.6 Å². The smallest absolute Gasteiger partial charge is 0.207 e. The van der Waals surface area contributed by atoms with Gasteiger partial charge in [0.05, 0.1) is 10.5 Å². The van der Waals surface area contributed by atoms with Crippen molar-refractivity contribution in [3.05, 3.63) is 42.2 Å². The molecule has 0 amide bonds. The highest BCUT2D eigenvalue weighted by Gasteiger charge is 2.23. The second-order valence-electron chi connectivity index (χ2n) is 3.91. The largest absolute Gasteiger partial charge is 0.243 e. The molecule has 19 heavy (non-hydrogen) atoms. The Kier molecular flexibility index (Phi) is 5.21. The van der Waals surface area contributed by atoms with Gasteiger partial charge < -0.3 is 0 Å². The second kappa shape index (κ2) is 6.45. The molecule has 0 saturated carbocycles. The van der Waals surface area contributed by atoms with Crippen LogP contribution in [0.2, 0.25) is 0 Å². The Hall–Kier alpha value is -1.71. The van der Waals surface area contributed by atoms with E-state index in [4.69, 9.17) is 5.26 Å². The van der Waals surface area contributed by atoms with Crippen LogP contribution in [-0.2, 0) is 10.0 Å². The van der Waals surface area contributed by atoms with Crippen molar-refractivity contribution in [3.63, 3.8) is 0 Å². The van der Waals surface area contributed by atoms with E-state index in [2.05, 4.69) is 6.58 Å². The van der Waals surface area contributed by atoms with E-state index in [0.717, 1.165) is 18.2 Å². The van der Waals surface area contributed by atoms with Crippen LogP contribution in [0.1, 0.15) is 18.9 Å². The number of hydrogen-bond donors (Lipinski definition) is 0. The summed E-state index contributed by atoms with van der Waals surface area (Å²) in [7, 11) is -3.73. The van der Waals surface area contributed by atoms with E-state index in [1.54, 1.807) is 6.07 Å². The first-order valence-corrected chi connectivity index (χ1v) is 7.22. The van der Waals surface area contributed by atoms with Crippen LogP contribution in [0.4, 0.5) is 4.39 Å². The van der Waals surface area contributed by atoms with E-state index in [-0.39, 0.29) is 17.0 Å². The number of benzene rings is 1. The molecule has 0 fully saturated rings. The molecule has 0 aliphatic carbocycles. The molecule has 0 aliphatic heterocycles. The molecule has 1 aromatic carbocycles. The van der Waals surface area contributed by atoms with Crippen molar-refractivity contribution in [1.29, 1.82) is 5.26 Å². The maximum atomic E-state index is 13.2. The number of sulfonamides is 1. The Morgan fingerprint density at radius 1 is 1.53 bits per heavy atom. The number of nitrogens with zero attached hydrogens (tertiary/aromatic N) is 2. The lowest BCUT2D eigenvalue weighted by Gasteiger charge is -2.20. The molecule has 0 heterocycles. The van der Waals surface area contributed by atoms with E-state index in [1.807, 2.05) is 6.92 Å². The lowest BCUT2D eigenvalue weighted by Crippen LogP contribution is -2.32. The highest BCUT2D eigenvalue weighted by Crippen LogP contribution is 2.19. The van der Waals surface area contributed by atoms with Crippen molar-refractivity contribution >= 4 is 10.0 Å². The van der Waals surface area contributed by atoms with Crippen LogP contribution < -0.4 is 0 Å². The molecular weight excluding hydrogens is 267 g/mol. The predicted octanol–water partition coefficient (Wildman–Crippen LogP) is 2.28. The molecule has 0 spiro atoms. The summed E-state index contributed by atoms with van der Waals surface area (Å²) in [4.78, 5) is -0.0826. The third-order valence-corrected chi connectivity index (χ3v) is 4.36. The van der Waals surface area contributed by atoms with Gasteiger partial charge in [0.25, 0.3) is 0 Å². The monoisotopic (exact) mass is 282 g/mol. The molecule has 0 atom stereocenters. The van der Waals surface area contributed by atoms with Gasteiger partial charge in [-0.25, -0.2) is 12.8 Å². The molecule has 6 heteroatoms. The molecule has 0 N–H and O–H groups in total. The van der Waals surface area contributed by atoms with Gasteiger partial charge in [0.2, 0.25) is 10.0 Å². The Bertz CT molecular complexity index is 606. The first-order valence-electron chi connectivity index (χ1n) is 5.78. The fraction of sp³-hybridized carbons (Fsp3) is 0.308. The predicted molar refractivity (Wildman–Crippen MR) is 70.4 cm³/mol. The minimum absolute atomic E-state index is 0.0826. The zero-order chi connectivity index (χ0) is 14.5. The van der Waals surface area contributed by atoms with Crippen molar-refractivity contribution in [2.75, 3.05) is 13.1 Å². The molecule has 0 aromatic heterocycles. The van der Waals surface area contributed by atoms with Crippen LogP contribution in [0.3, 0.4) is 0 Å². The van der Waals surface area contributed by atoms with Crippen LogP contribution >= 0.6 is 0 Å². The molecule has 4 nitrogen and oxygen atoms in total. The van der Waals surface area contributed by atoms with E-state index >= 15 is 0 Å². The summed E-state index contributed by atoms with van der Waals surface area (Å²) in [6.07, 6.45) is 2.14. The Balaban J connectivity index is 3.25. The highest BCUT2D eigenvalue weighted by molar-refractivity contribution is 7.89. The van der Waals surface area contributed by atoms with Crippen LogP contribution in [0.25, 0.3) is 0 Å². The first-order chi connectivity index (χ1) is 8.97. The minimum atomic E-state index is -3.73. The van der Waals surface area contributed by atoms with Crippen LogP contribution in [0.15, 0.2) is 35.7 Å². The van der Waals surface area contributed by atoms with Crippen molar-refractivity contribution in [1.82, 2.24) is 4.31 Å². The van der Waals surface area contributed by atoms with Crippen molar-refractivity contribution in [3.8, 4) is 6.07 Å². The quantitative estimate of drug-likeness (QED) is 0.752. The Morgan fingerprint density at radius 3 is 2.74 bits per heavy atom. The molecule has 1 aromatic rings. The highest BCUT2D eigenvalue weighted by atomic mass is 32.2. The van der Waals surface area contributed by atoms with Gasteiger partial charge in [0.15, 0.2) is 0 Å². The number of hydrogen-bond acceptors (Lipinski definition) is 3. The summed E-state index contributed by atoms with van der Waals surface area (Å²) in [6.45, 7) is 5.89. The van der Waals surface area contributed by atoms with Crippen LogP contribution in [-0.4, -0.2) is 25.8 Å². The summed E-state index contributed by atoms with van der Waals surface area (Å²) in [5.74, 6) is -0.729. The SMILES string of the molecule is C=CCN(CCC)S(=O)(=O)c1ccc(F)c(C#N)c1. The summed E-state index contributed by atoms with van der Waals surface area (Å²) in [6, 6.07) is 4.84. The van der Waals surface area contributed by atoms with Gasteiger partial charge in [-0.3, -0.25) is 0 Å². The van der Waals surface area contributed by atoms with Gasteiger partial charge in [-0.2, -0.15) is 9.57 Å². The maximum absolute atomic E-state index is 13.2. The maximum Gasteiger partial charge on any atom is 0.243 e. The topological polar surface area (TPSA) is 61.2 Å². The first kappa shape index (κ1) is 15.3. The van der Waals surface area contributed by atoms with Crippen molar-refractivity contribution in [2.24, 2.45) is 0 Å². The van der Waals surface area contributed by atoms with Gasteiger partial charge in [0, 0.05) is 13.1 Å². The number of rotatable bonds is 6. The average Bonchev–Trinajstić information content (AvgIpc) is 2.38. The van der Waals surface area contributed by atoms with Crippen LogP contribution in [0.5, 0.6) is 0 Å². The lowest BCUT2D eigenvalue weighted by atomic mass is 10.2. The van der Waals surface area contributed by atoms with E-state index in [0.29, 0.717) is 13.0 Å². The summed E-state index contributed by atoms with van der Waals surface area (Å²) < 4.78 is 39.1. The van der Waals surface area contributed by atoms with Gasteiger partial charge in [-0.1, -0.05) is 13.0 Å². The zero-order valence-electron chi connectivity index (χ0n) is 10.6. The molecule has 0 radical (unpaired) electrons. The molecular formula is C13H15FN2O2S. The van der Waals surface area contributed by atoms with Gasteiger partial charge in [-0.15, -0.1) is 6.58 Å². The third kappa shape index (κ3) is 3.40. The second-order valence-corrected chi connectivity index (χ2v) is 5.84. The summed E-state index contributed by atoms with van der Waals surface area (Å²) in [5, 5.41) is 8.74. The molecule has 102 valence electrons. The third-order valence-electron chi connectivity index (χ3n) is 2.50. The van der Waals surface area contributed by atoms with Gasteiger partial charge >= 0.3 is 0 Å². The summed E-state index contributed by atoms with van der Waals surface area (Å²) >= 11 is 0. The normalized spacial score (nSPS) is 11.3. The van der Waals surface area contributed by atoms with E-state index in [9.17, 15) is 12.8 Å². The van der Waals surface area contributed by atoms with Crippen molar-refractivity contribution < 1.29 is 12.8 Å². The fourth-order valence-electron chi connectivity index (χ4n) is 1.60. The number of halogens is 1. The molecule has 0 unspecified atom stereocenters. The van der Waals surface area contributed by atoms with Crippen LogP contribution in [0, 0.1) is 17.1 Å². The molecule has 0 aliphatic rings. The Morgan fingerprint density at radius 2 is 2.21 bits per heavy atom. The van der Waals surface area contributed by atoms with Gasteiger partial charge in [0.1, 0.15) is 11.9 Å². The number of nitriles is 1. The standard InChI is InChI=1S/C13H15FN2O2S/c1-3-7-16(8-4-2)19(17,18)12-5-6-13(14)11(9-12)10-15/h3,5-6,9H,1,4,7-8H2,2H3. The minimum Gasteiger partial charge on any atom is -0.207 e. The van der Waals surface area contributed by atoms with E-state index < -0.39 is 15.8 Å². The molecule has 0 bridgehead atoms. The van der Waals surface area contributed by atoms with Crippen molar-refractivity contribution in [2.45, 2.75) is 18.2 Å². The molecule has 0 saturated heterocycles.